The van der Waals surface area contributed by atoms with Crippen molar-refractivity contribution in [2.24, 2.45) is 0 Å². The molecule has 1 aromatic rings. The van der Waals surface area contributed by atoms with Crippen LogP contribution in [0.2, 0.25) is 0 Å². The van der Waals surface area contributed by atoms with Gasteiger partial charge in [-0.25, -0.2) is 0 Å². The molecule has 11 heavy (non-hydrogen) atoms. The number of halogens is 2. The Balaban J connectivity index is 2.45. The summed E-state index contributed by atoms with van der Waals surface area (Å²) in [6.07, 6.45) is 7.72. The fourth-order valence-electron chi connectivity index (χ4n) is 0.684. The zero-order valence-electron chi connectivity index (χ0n) is 5.87. The molecule has 1 heterocycles. The molecule has 4 heteroatoms. The summed E-state index contributed by atoms with van der Waals surface area (Å²) in [6.45, 7) is 0.801. The smallest absolute Gasteiger partial charge is 0.0623 e. The van der Waals surface area contributed by atoms with Gasteiger partial charge < -0.3 is 0 Å². The highest BCUT2D eigenvalue weighted by molar-refractivity contribution is 14.1. The first-order chi connectivity index (χ1) is 5.33. The van der Waals surface area contributed by atoms with E-state index in [-0.39, 0.29) is 0 Å². The topological polar surface area (TPSA) is 17.8 Å². The van der Waals surface area contributed by atoms with Crippen molar-refractivity contribution in [3.05, 3.63) is 28.1 Å². The fourth-order valence-corrected chi connectivity index (χ4v) is 1.26. The number of aromatic nitrogens is 2. The first-order valence-electron chi connectivity index (χ1n) is 3.22. The molecule has 0 bridgehead atoms. The van der Waals surface area contributed by atoms with Gasteiger partial charge in [-0.2, -0.15) is 5.10 Å². The van der Waals surface area contributed by atoms with Gasteiger partial charge in [0.15, 0.2) is 0 Å². The minimum absolute atomic E-state index is 0.568. The van der Waals surface area contributed by atoms with Crippen molar-refractivity contribution in [1.82, 2.24) is 9.78 Å². The van der Waals surface area contributed by atoms with Crippen molar-refractivity contribution in [3.63, 3.8) is 0 Å². The number of allylic oxidation sites excluding steroid dienone is 2. The Kier molecular flexibility index (Phi) is 3.93. The van der Waals surface area contributed by atoms with Gasteiger partial charge in [0.05, 0.1) is 16.3 Å². The van der Waals surface area contributed by atoms with E-state index in [4.69, 9.17) is 11.6 Å². The molecule has 0 fully saturated rings. The number of nitrogens with zero attached hydrogens (tertiary/aromatic N) is 2. The van der Waals surface area contributed by atoms with Crippen LogP contribution in [0.1, 0.15) is 0 Å². The Morgan fingerprint density at radius 2 is 2.45 bits per heavy atom. The number of hydrogen-bond acceptors (Lipinski definition) is 1. The fraction of sp³-hybridized carbons (Fsp3) is 0.286. The monoisotopic (exact) mass is 282 g/mol. The molecule has 2 nitrogen and oxygen atoms in total. The van der Waals surface area contributed by atoms with Crippen LogP contribution in [0.25, 0.3) is 0 Å². The van der Waals surface area contributed by atoms with Crippen LogP contribution >= 0.6 is 34.2 Å². The molecule has 0 radical (unpaired) electrons. The molecule has 1 rings (SSSR count). The summed E-state index contributed by atoms with van der Waals surface area (Å²) in [5, 5.41) is 4.10. The SMILES string of the molecule is ClCC=CCn1cc(I)cn1. The van der Waals surface area contributed by atoms with Gasteiger partial charge in [0.1, 0.15) is 0 Å². The van der Waals surface area contributed by atoms with E-state index >= 15 is 0 Å². The van der Waals surface area contributed by atoms with Crippen molar-refractivity contribution in [1.29, 1.82) is 0 Å². The predicted octanol–water partition coefficient (Wildman–Crippen LogP) is 2.28. The quantitative estimate of drug-likeness (QED) is 0.472. The van der Waals surface area contributed by atoms with Crippen molar-refractivity contribution in [2.45, 2.75) is 6.54 Å². The van der Waals surface area contributed by atoms with Crippen LogP contribution in [0.5, 0.6) is 0 Å². The summed E-state index contributed by atoms with van der Waals surface area (Å²) in [4.78, 5) is 0. The predicted molar refractivity (Wildman–Crippen MR) is 54.8 cm³/mol. The second-order valence-electron chi connectivity index (χ2n) is 2.01. The maximum atomic E-state index is 5.46. The average molecular weight is 283 g/mol. The molecule has 0 amide bonds. The number of hydrogen-bond donors (Lipinski definition) is 0. The minimum atomic E-state index is 0.568. The van der Waals surface area contributed by atoms with E-state index in [0.717, 1.165) is 10.1 Å². The average Bonchev–Trinajstić information content (AvgIpc) is 2.37. The molecule has 0 N–H and O–H groups in total. The van der Waals surface area contributed by atoms with Crippen molar-refractivity contribution < 1.29 is 0 Å². The van der Waals surface area contributed by atoms with Gasteiger partial charge in [0.25, 0.3) is 0 Å². The van der Waals surface area contributed by atoms with Gasteiger partial charge in [0, 0.05) is 12.1 Å². The summed E-state index contributed by atoms with van der Waals surface area (Å²) < 4.78 is 3.02. The lowest BCUT2D eigenvalue weighted by Gasteiger charge is -1.91. The molecule has 1 aromatic heterocycles. The lowest BCUT2D eigenvalue weighted by Crippen LogP contribution is -1.94. The van der Waals surface area contributed by atoms with Gasteiger partial charge in [0.2, 0.25) is 0 Å². The van der Waals surface area contributed by atoms with E-state index in [2.05, 4.69) is 27.7 Å². The molecule has 0 saturated carbocycles. The molecular formula is C7H8ClIN2. The van der Waals surface area contributed by atoms with E-state index in [0.29, 0.717) is 5.88 Å². The summed E-state index contributed by atoms with van der Waals surface area (Å²) in [6, 6.07) is 0. The molecule has 0 unspecified atom stereocenters. The van der Waals surface area contributed by atoms with Crippen molar-refractivity contribution >= 4 is 34.2 Å². The molecule has 0 aliphatic rings. The highest BCUT2D eigenvalue weighted by Crippen LogP contribution is 2.00. The third-order valence-electron chi connectivity index (χ3n) is 1.15. The number of alkyl halides is 1. The maximum Gasteiger partial charge on any atom is 0.0623 e. The zero-order valence-corrected chi connectivity index (χ0v) is 8.79. The molecular weight excluding hydrogens is 274 g/mol. The van der Waals surface area contributed by atoms with Crippen LogP contribution in [0.15, 0.2) is 24.5 Å². The second-order valence-corrected chi connectivity index (χ2v) is 3.56. The van der Waals surface area contributed by atoms with Crippen LogP contribution in [0.3, 0.4) is 0 Å². The van der Waals surface area contributed by atoms with Crippen LogP contribution < -0.4 is 0 Å². The lowest BCUT2D eigenvalue weighted by atomic mass is 10.5. The third kappa shape index (κ3) is 3.25. The molecule has 0 aliphatic carbocycles. The van der Waals surface area contributed by atoms with E-state index in [1.54, 1.807) is 0 Å². The number of rotatable bonds is 3. The normalized spacial score (nSPS) is 11.1. The third-order valence-corrected chi connectivity index (χ3v) is 1.89. The molecule has 60 valence electrons. The van der Waals surface area contributed by atoms with Crippen molar-refractivity contribution in [2.75, 3.05) is 5.88 Å². The van der Waals surface area contributed by atoms with Gasteiger partial charge in [-0.05, 0) is 22.6 Å². The zero-order chi connectivity index (χ0) is 8.10. The molecule has 0 saturated heterocycles. The van der Waals surface area contributed by atoms with Gasteiger partial charge in [-0.3, -0.25) is 4.68 Å². The van der Waals surface area contributed by atoms with Crippen LogP contribution in [0.4, 0.5) is 0 Å². The Hall–Kier alpha value is -0.0300. The van der Waals surface area contributed by atoms with Crippen LogP contribution in [0, 0.1) is 3.57 Å². The standard InChI is InChI=1S/C7H8ClIN2/c8-3-1-2-4-11-6-7(9)5-10-11/h1-2,5-6H,3-4H2. The molecule has 0 spiro atoms. The van der Waals surface area contributed by atoms with Gasteiger partial charge in [-0.1, -0.05) is 12.2 Å². The first kappa shape index (κ1) is 9.06. The van der Waals surface area contributed by atoms with Crippen LogP contribution in [-0.2, 0) is 6.54 Å². The summed E-state index contributed by atoms with van der Waals surface area (Å²) in [7, 11) is 0. The summed E-state index contributed by atoms with van der Waals surface area (Å²) in [5.41, 5.74) is 0. The largest absolute Gasteiger partial charge is 0.268 e. The van der Waals surface area contributed by atoms with E-state index < -0.39 is 0 Å². The van der Waals surface area contributed by atoms with Gasteiger partial charge in [-0.15, -0.1) is 11.6 Å². The Bertz CT molecular complexity index is 244. The summed E-state index contributed by atoms with van der Waals surface area (Å²) in [5.74, 6) is 0.568. The first-order valence-corrected chi connectivity index (χ1v) is 4.83. The molecule has 0 aliphatic heterocycles. The van der Waals surface area contributed by atoms with Crippen molar-refractivity contribution in [3.8, 4) is 0 Å². The van der Waals surface area contributed by atoms with Crippen LogP contribution in [-0.4, -0.2) is 15.7 Å². The Morgan fingerprint density at radius 3 is 3.00 bits per heavy atom. The Labute approximate surface area is 84.4 Å². The van der Waals surface area contributed by atoms with E-state index in [1.807, 2.05) is 29.2 Å². The van der Waals surface area contributed by atoms with Gasteiger partial charge >= 0.3 is 0 Å². The van der Waals surface area contributed by atoms with E-state index in [1.165, 1.54) is 0 Å². The highest BCUT2D eigenvalue weighted by Gasteiger charge is 1.89. The highest BCUT2D eigenvalue weighted by atomic mass is 127. The lowest BCUT2D eigenvalue weighted by molar-refractivity contribution is 0.701. The second kappa shape index (κ2) is 4.77. The minimum Gasteiger partial charge on any atom is -0.268 e. The summed E-state index contributed by atoms with van der Waals surface area (Å²) >= 11 is 7.68. The maximum absolute atomic E-state index is 5.46. The Morgan fingerprint density at radius 1 is 1.64 bits per heavy atom. The molecule has 0 atom stereocenters. The molecule has 0 aromatic carbocycles. The van der Waals surface area contributed by atoms with E-state index in [9.17, 15) is 0 Å².